The zero-order valence-electron chi connectivity index (χ0n) is 19.9. The van der Waals surface area contributed by atoms with Gasteiger partial charge < -0.3 is 11.5 Å². The summed E-state index contributed by atoms with van der Waals surface area (Å²) in [5.74, 6) is -0.0746. The van der Waals surface area contributed by atoms with Crippen LogP contribution in [0, 0.1) is 10.8 Å². The van der Waals surface area contributed by atoms with Gasteiger partial charge in [-0.3, -0.25) is 31.3 Å². The third kappa shape index (κ3) is 4.73. The van der Waals surface area contributed by atoms with Crippen molar-refractivity contribution in [2.24, 2.45) is 21.7 Å². The van der Waals surface area contributed by atoms with Crippen LogP contribution in [-0.2, 0) is 0 Å². The molecule has 0 atom stereocenters. The number of nitrogens with zero attached hydrogens (tertiary/aromatic N) is 2. The predicted molar refractivity (Wildman–Crippen MR) is 150 cm³/mol. The van der Waals surface area contributed by atoms with Crippen LogP contribution in [0.3, 0.4) is 0 Å². The molecule has 0 heterocycles. The van der Waals surface area contributed by atoms with Gasteiger partial charge in [0.25, 0.3) is 0 Å². The highest BCUT2D eigenvalue weighted by Gasteiger charge is 2.07. The molecule has 8 N–H and O–H groups in total. The summed E-state index contributed by atoms with van der Waals surface area (Å²) in [6.45, 7) is 0. The lowest BCUT2D eigenvalue weighted by Crippen LogP contribution is -2.27. The van der Waals surface area contributed by atoms with Crippen LogP contribution in [0.15, 0.2) is 105 Å². The van der Waals surface area contributed by atoms with Crippen molar-refractivity contribution in [2.45, 2.75) is 0 Å². The first-order valence-corrected chi connectivity index (χ1v) is 11.5. The third-order valence-corrected chi connectivity index (χ3v) is 6.01. The standard InChI is InChI=1S/C28H22N8O2/c29-27(30)15-1-7-19(8-2-15)33-35-25-21-13-18-6-12-24(38)26(22(18)14-17(21)5-11-23(25)37)36-34-20-9-3-16(4-10-20)28(31)32/h1-14,33-34H,(H3,29,30)(H3,31,32)/b35-25-,36-26-. The Morgan fingerprint density at radius 1 is 0.579 bits per heavy atom. The number of anilines is 2. The largest absolute Gasteiger partial charge is 0.384 e. The summed E-state index contributed by atoms with van der Waals surface area (Å²) in [6, 6.07) is 23.5. The van der Waals surface area contributed by atoms with Crippen LogP contribution in [0.1, 0.15) is 11.1 Å². The maximum atomic E-state index is 12.7. The number of hydrogen-bond acceptors (Lipinski definition) is 8. The molecule has 0 bridgehead atoms. The molecule has 38 heavy (non-hydrogen) atoms. The lowest BCUT2D eigenvalue weighted by Gasteiger charge is -2.05. The van der Waals surface area contributed by atoms with E-state index in [1.165, 1.54) is 12.1 Å². The van der Waals surface area contributed by atoms with Crippen LogP contribution in [-0.4, -0.2) is 11.7 Å². The topological polar surface area (TPSA) is 183 Å². The van der Waals surface area contributed by atoms with Crippen LogP contribution in [0.25, 0.3) is 21.5 Å². The van der Waals surface area contributed by atoms with Crippen molar-refractivity contribution >= 4 is 44.6 Å². The number of amidine groups is 2. The second kappa shape index (κ2) is 9.78. The number of benzene rings is 5. The van der Waals surface area contributed by atoms with Crippen molar-refractivity contribution in [3.8, 4) is 0 Å². The molecule has 10 nitrogen and oxygen atoms in total. The van der Waals surface area contributed by atoms with Gasteiger partial charge in [-0.2, -0.15) is 10.2 Å². The molecule has 0 aliphatic carbocycles. The summed E-state index contributed by atoms with van der Waals surface area (Å²) in [5, 5.41) is 26.8. The lowest BCUT2D eigenvalue weighted by atomic mass is 10.0. The predicted octanol–water partition coefficient (Wildman–Crippen LogP) is 2.01. The molecule has 0 unspecified atom stereocenters. The van der Waals surface area contributed by atoms with Crippen molar-refractivity contribution in [2.75, 3.05) is 10.9 Å². The first-order valence-electron chi connectivity index (χ1n) is 11.5. The molecule has 0 saturated carbocycles. The molecule has 0 amide bonds. The smallest absolute Gasteiger partial charge is 0.206 e. The molecule has 5 aromatic rings. The summed E-state index contributed by atoms with van der Waals surface area (Å²) in [6.07, 6.45) is 0. The number of rotatable bonds is 6. The average Bonchev–Trinajstić information content (AvgIpc) is 2.91. The van der Waals surface area contributed by atoms with Gasteiger partial charge in [-0.1, -0.05) is 12.1 Å². The molecule has 0 saturated heterocycles. The molecule has 10 heteroatoms. The Hall–Kier alpha value is -5.64. The number of nitrogens with one attached hydrogen (secondary N) is 4. The van der Waals surface area contributed by atoms with Crippen LogP contribution in [0.2, 0.25) is 0 Å². The lowest BCUT2D eigenvalue weighted by molar-refractivity contribution is 1.21. The Morgan fingerprint density at radius 3 is 1.29 bits per heavy atom. The molecule has 0 aliphatic rings. The molecular formula is C28H22N8O2. The van der Waals surface area contributed by atoms with Gasteiger partial charge in [0.15, 0.2) is 0 Å². The molecular weight excluding hydrogens is 480 g/mol. The van der Waals surface area contributed by atoms with Crippen molar-refractivity contribution < 1.29 is 0 Å². The molecule has 5 rings (SSSR count). The van der Waals surface area contributed by atoms with Gasteiger partial charge in [-0.25, -0.2) is 0 Å². The zero-order valence-corrected chi connectivity index (χ0v) is 19.9. The Morgan fingerprint density at radius 2 is 0.947 bits per heavy atom. The molecule has 0 radical (unpaired) electrons. The molecule has 0 aliphatic heterocycles. The highest BCUT2D eigenvalue weighted by Crippen LogP contribution is 2.17. The van der Waals surface area contributed by atoms with E-state index in [9.17, 15) is 9.59 Å². The Kier molecular flexibility index (Phi) is 6.20. The van der Waals surface area contributed by atoms with E-state index in [-0.39, 0.29) is 33.2 Å². The Balaban J connectivity index is 1.57. The van der Waals surface area contributed by atoms with Crippen molar-refractivity contribution in [3.63, 3.8) is 0 Å². The third-order valence-electron chi connectivity index (χ3n) is 6.01. The summed E-state index contributed by atoms with van der Waals surface area (Å²) < 4.78 is 0. The fraction of sp³-hybridized carbons (Fsp3) is 0. The minimum atomic E-state index is -0.259. The minimum absolute atomic E-state index is 0.0373. The van der Waals surface area contributed by atoms with Crippen LogP contribution in [0.4, 0.5) is 11.4 Å². The van der Waals surface area contributed by atoms with E-state index in [0.717, 1.165) is 10.8 Å². The number of nitrogen functional groups attached to an aromatic ring is 2. The van der Waals surface area contributed by atoms with Crippen LogP contribution < -0.4 is 43.9 Å². The van der Waals surface area contributed by atoms with Crippen molar-refractivity contribution in [1.29, 1.82) is 10.8 Å². The minimum Gasteiger partial charge on any atom is -0.384 e. The van der Waals surface area contributed by atoms with Crippen molar-refractivity contribution in [3.05, 3.63) is 127 Å². The number of hydrogen-bond donors (Lipinski definition) is 6. The van der Waals surface area contributed by atoms with Gasteiger partial charge in [0, 0.05) is 21.9 Å². The van der Waals surface area contributed by atoms with Gasteiger partial charge in [-0.15, -0.1) is 0 Å². The molecule has 0 spiro atoms. The molecule has 5 aromatic carbocycles. The summed E-state index contributed by atoms with van der Waals surface area (Å²) >= 11 is 0. The van der Waals surface area contributed by atoms with E-state index in [0.29, 0.717) is 33.3 Å². The second-order valence-electron chi connectivity index (χ2n) is 8.55. The van der Waals surface area contributed by atoms with Crippen LogP contribution in [0.5, 0.6) is 0 Å². The van der Waals surface area contributed by atoms with E-state index >= 15 is 0 Å². The highest BCUT2D eigenvalue weighted by molar-refractivity contribution is 5.98. The summed E-state index contributed by atoms with van der Waals surface area (Å²) in [5.41, 5.74) is 18.7. The zero-order chi connectivity index (χ0) is 26.8. The van der Waals surface area contributed by atoms with Gasteiger partial charge in [-0.05, 0) is 83.6 Å². The Bertz CT molecular complexity index is 1810. The fourth-order valence-electron chi connectivity index (χ4n) is 3.99. The van der Waals surface area contributed by atoms with E-state index in [4.69, 9.17) is 22.3 Å². The molecule has 0 aromatic heterocycles. The maximum Gasteiger partial charge on any atom is 0.206 e. The molecule has 186 valence electrons. The fourth-order valence-corrected chi connectivity index (χ4v) is 3.99. The molecule has 0 fully saturated rings. The number of fused-ring (bicyclic) bond motifs is 2. The van der Waals surface area contributed by atoms with E-state index in [1.54, 1.807) is 60.7 Å². The second-order valence-corrected chi connectivity index (χ2v) is 8.55. The monoisotopic (exact) mass is 502 g/mol. The SMILES string of the molecule is N=C(N)c1ccc(N/N=c2\c(=O)ccc3cc4/c(=N/Nc5ccc(C(=N)N)cc5)c(=O)ccc4cc23)cc1. The highest BCUT2D eigenvalue weighted by atomic mass is 16.1. The quantitative estimate of drug-likeness (QED) is 0.0893. The first kappa shape index (κ1) is 24.1. The van der Waals surface area contributed by atoms with Gasteiger partial charge >= 0.3 is 0 Å². The normalized spacial score (nSPS) is 12.1. The summed E-state index contributed by atoms with van der Waals surface area (Å²) in [4.78, 5) is 25.4. The van der Waals surface area contributed by atoms with Crippen molar-refractivity contribution in [1.82, 2.24) is 0 Å². The van der Waals surface area contributed by atoms with E-state index < -0.39 is 0 Å². The van der Waals surface area contributed by atoms with E-state index in [1.807, 2.05) is 12.1 Å². The average molecular weight is 503 g/mol. The van der Waals surface area contributed by atoms with Gasteiger partial charge in [0.1, 0.15) is 22.4 Å². The Labute approximate surface area is 215 Å². The maximum absolute atomic E-state index is 12.7. The van der Waals surface area contributed by atoms with E-state index in [2.05, 4.69) is 21.1 Å². The van der Waals surface area contributed by atoms with Crippen LogP contribution >= 0.6 is 0 Å². The number of nitrogens with two attached hydrogens (primary N) is 2. The van der Waals surface area contributed by atoms with Gasteiger partial charge in [0.2, 0.25) is 10.9 Å². The summed E-state index contributed by atoms with van der Waals surface area (Å²) in [7, 11) is 0. The first-order chi connectivity index (χ1) is 18.3. The van der Waals surface area contributed by atoms with Gasteiger partial charge in [0.05, 0.1) is 11.4 Å².